The Balaban J connectivity index is 1.96. The zero-order chi connectivity index (χ0) is 12.8. The van der Waals surface area contributed by atoms with Gasteiger partial charge in [-0.15, -0.1) is 0 Å². The van der Waals surface area contributed by atoms with Crippen LogP contribution in [-0.2, 0) is 0 Å². The lowest BCUT2D eigenvalue weighted by Gasteiger charge is -1.99. The van der Waals surface area contributed by atoms with E-state index in [1.807, 2.05) is 0 Å². The Kier molecular flexibility index (Phi) is 3.76. The predicted octanol–water partition coefficient (Wildman–Crippen LogP) is 1.98. The summed E-state index contributed by atoms with van der Waals surface area (Å²) < 4.78 is 12.7. The van der Waals surface area contributed by atoms with Crippen LogP contribution in [0.15, 0.2) is 53.9 Å². The number of benzene rings is 1. The third kappa shape index (κ3) is 3.21. The maximum absolute atomic E-state index is 12.7. The molecule has 1 amide bonds. The van der Waals surface area contributed by atoms with Crippen LogP contribution in [0.2, 0.25) is 0 Å². The van der Waals surface area contributed by atoms with E-state index in [1.54, 1.807) is 24.5 Å². The van der Waals surface area contributed by atoms with Crippen LogP contribution < -0.4 is 5.43 Å². The van der Waals surface area contributed by atoms with Gasteiger partial charge in [-0.25, -0.2) is 9.82 Å². The van der Waals surface area contributed by atoms with Crippen molar-refractivity contribution in [3.63, 3.8) is 0 Å². The first-order chi connectivity index (χ1) is 8.75. The molecule has 0 fully saturated rings. The zero-order valence-corrected chi connectivity index (χ0v) is 9.38. The van der Waals surface area contributed by atoms with Gasteiger partial charge in [-0.1, -0.05) is 0 Å². The topological polar surface area (TPSA) is 54.4 Å². The quantitative estimate of drug-likeness (QED) is 0.662. The summed E-state index contributed by atoms with van der Waals surface area (Å²) in [5.74, 6) is -0.771. The molecule has 0 aliphatic carbocycles. The summed E-state index contributed by atoms with van der Waals surface area (Å²) in [7, 11) is 0. The predicted molar refractivity (Wildman–Crippen MR) is 65.7 cm³/mol. The minimum atomic E-state index is -0.389. The molecule has 0 saturated heterocycles. The van der Waals surface area contributed by atoms with Crippen molar-refractivity contribution in [2.45, 2.75) is 0 Å². The molecule has 0 atom stereocenters. The number of carbonyl (C=O) groups excluding carboxylic acids is 1. The standard InChI is InChI=1S/C13H10FN3O/c14-12-3-1-11(2-4-12)13(18)17-16-9-10-5-7-15-8-6-10/h1-9H,(H,17,18). The van der Waals surface area contributed by atoms with Crippen molar-refractivity contribution in [2.75, 3.05) is 0 Å². The van der Waals surface area contributed by atoms with E-state index in [4.69, 9.17) is 0 Å². The molecule has 0 aliphatic heterocycles. The lowest BCUT2D eigenvalue weighted by Crippen LogP contribution is -2.17. The number of hydrogen-bond donors (Lipinski definition) is 1. The Morgan fingerprint density at radius 3 is 2.50 bits per heavy atom. The Morgan fingerprint density at radius 1 is 1.17 bits per heavy atom. The summed E-state index contributed by atoms with van der Waals surface area (Å²) in [5, 5.41) is 3.79. The van der Waals surface area contributed by atoms with Gasteiger partial charge in [0.2, 0.25) is 0 Å². The number of hydrazone groups is 1. The summed E-state index contributed by atoms with van der Waals surface area (Å²) in [6.45, 7) is 0. The highest BCUT2D eigenvalue weighted by atomic mass is 19.1. The first kappa shape index (κ1) is 11.9. The second-order valence-corrected chi connectivity index (χ2v) is 3.49. The molecule has 0 bridgehead atoms. The molecule has 2 aromatic rings. The minimum absolute atomic E-state index is 0.350. The smallest absolute Gasteiger partial charge is 0.267 e. The minimum Gasteiger partial charge on any atom is -0.267 e. The van der Waals surface area contributed by atoms with Crippen molar-refractivity contribution in [3.8, 4) is 0 Å². The van der Waals surface area contributed by atoms with Gasteiger partial charge in [0.25, 0.3) is 5.91 Å². The van der Waals surface area contributed by atoms with Crippen LogP contribution in [0.25, 0.3) is 0 Å². The molecule has 1 heterocycles. The number of rotatable bonds is 3. The van der Waals surface area contributed by atoms with Crippen LogP contribution >= 0.6 is 0 Å². The van der Waals surface area contributed by atoms with Gasteiger partial charge in [-0.3, -0.25) is 9.78 Å². The van der Waals surface area contributed by atoms with Crippen LogP contribution in [0.1, 0.15) is 15.9 Å². The number of aromatic nitrogens is 1. The van der Waals surface area contributed by atoms with Gasteiger partial charge < -0.3 is 0 Å². The van der Waals surface area contributed by atoms with Crippen LogP contribution in [0.3, 0.4) is 0 Å². The van der Waals surface area contributed by atoms with Gasteiger partial charge in [0, 0.05) is 18.0 Å². The van der Waals surface area contributed by atoms with Crippen molar-refractivity contribution >= 4 is 12.1 Å². The van der Waals surface area contributed by atoms with Gasteiger partial charge in [-0.05, 0) is 42.0 Å². The number of hydrogen-bond acceptors (Lipinski definition) is 3. The van der Waals surface area contributed by atoms with E-state index in [-0.39, 0.29) is 11.7 Å². The van der Waals surface area contributed by atoms with E-state index in [1.165, 1.54) is 30.5 Å². The number of halogens is 1. The van der Waals surface area contributed by atoms with E-state index >= 15 is 0 Å². The van der Waals surface area contributed by atoms with Crippen molar-refractivity contribution in [3.05, 3.63) is 65.7 Å². The summed E-state index contributed by atoms with van der Waals surface area (Å²) in [4.78, 5) is 15.4. The zero-order valence-electron chi connectivity index (χ0n) is 9.38. The molecule has 4 nitrogen and oxygen atoms in total. The van der Waals surface area contributed by atoms with Gasteiger partial charge >= 0.3 is 0 Å². The first-order valence-corrected chi connectivity index (χ1v) is 5.25. The highest BCUT2D eigenvalue weighted by Crippen LogP contribution is 2.02. The Hall–Kier alpha value is -2.56. The van der Waals surface area contributed by atoms with E-state index in [0.29, 0.717) is 5.56 Å². The fourth-order valence-electron chi connectivity index (χ4n) is 1.28. The summed E-state index contributed by atoms with van der Waals surface area (Å²) in [6.07, 6.45) is 4.76. The Morgan fingerprint density at radius 2 is 1.83 bits per heavy atom. The third-order valence-electron chi connectivity index (χ3n) is 2.19. The summed E-state index contributed by atoms with van der Waals surface area (Å²) in [6, 6.07) is 8.75. The first-order valence-electron chi connectivity index (χ1n) is 5.25. The van der Waals surface area contributed by atoms with E-state index < -0.39 is 0 Å². The molecule has 18 heavy (non-hydrogen) atoms. The lowest BCUT2D eigenvalue weighted by molar-refractivity contribution is 0.0955. The molecular formula is C13H10FN3O. The maximum Gasteiger partial charge on any atom is 0.271 e. The number of nitrogens with one attached hydrogen (secondary N) is 1. The molecule has 5 heteroatoms. The summed E-state index contributed by atoms with van der Waals surface area (Å²) in [5.41, 5.74) is 3.53. The molecule has 1 aromatic carbocycles. The number of pyridine rings is 1. The van der Waals surface area contributed by atoms with Gasteiger partial charge in [0.05, 0.1) is 6.21 Å². The number of amides is 1. The van der Waals surface area contributed by atoms with Gasteiger partial charge in [0.1, 0.15) is 5.82 Å². The van der Waals surface area contributed by atoms with Crippen molar-refractivity contribution < 1.29 is 9.18 Å². The molecule has 0 radical (unpaired) electrons. The second kappa shape index (κ2) is 5.67. The van der Waals surface area contributed by atoms with Crippen LogP contribution in [0.5, 0.6) is 0 Å². The molecule has 1 N–H and O–H groups in total. The van der Waals surface area contributed by atoms with E-state index in [2.05, 4.69) is 15.5 Å². The molecule has 90 valence electrons. The summed E-state index contributed by atoms with van der Waals surface area (Å²) >= 11 is 0. The molecule has 0 unspecified atom stereocenters. The fraction of sp³-hybridized carbons (Fsp3) is 0. The largest absolute Gasteiger partial charge is 0.271 e. The van der Waals surface area contributed by atoms with Crippen LogP contribution in [0.4, 0.5) is 4.39 Å². The Bertz CT molecular complexity index is 552. The SMILES string of the molecule is O=C(NN=Cc1ccncc1)c1ccc(F)cc1. The Labute approximate surface area is 103 Å². The monoisotopic (exact) mass is 243 g/mol. The van der Waals surface area contributed by atoms with Crippen molar-refractivity contribution in [2.24, 2.45) is 5.10 Å². The van der Waals surface area contributed by atoms with Gasteiger partial charge in [0.15, 0.2) is 0 Å². The normalized spacial score (nSPS) is 10.5. The molecular weight excluding hydrogens is 233 g/mol. The number of carbonyl (C=O) groups is 1. The van der Waals surface area contributed by atoms with Crippen molar-refractivity contribution in [1.29, 1.82) is 0 Å². The lowest BCUT2D eigenvalue weighted by atomic mass is 10.2. The molecule has 0 aliphatic rings. The average Bonchev–Trinajstić information content (AvgIpc) is 2.40. The molecule has 0 spiro atoms. The molecule has 0 saturated carbocycles. The van der Waals surface area contributed by atoms with Crippen molar-refractivity contribution in [1.82, 2.24) is 10.4 Å². The van der Waals surface area contributed by atoms with E-state index in [0.717, 1.165) is 5.56 Å². The fourth-order valence-corrected chi connectivity index (χ4v) is 1.28. The van der Waals surface area contributed by atoms with E-state index in [9.17, 15) is 9.18 Å². The number of nitrogens with zero attached hydrogens (tertiary/aromatic N) is 2. The third-order valence-corrected chi connectivity index (χ3v) is 2.19. The average molecular weight is 243 g/mol. The second-order valence-electron chi connectivity index (χ2n) is 3.49. The molecule has 2 rings (SSSR count). The highest BCUT2D eigenvalue weighted by Gasteiger charge is 2.03. The molecule has 1 aromatic heterocycles. The maximum atomic E-state index is 12.7. The van der Waals surface area contributed by atoms with Gasteiger partial charge in [-0.2, -0.15) is 5.10 Å². The highest BCUT2D eigenvalue weighted by molar-refractivity contribution is 5.94. The van der Waals surface area contributed by atoms with Crippen LogP contribution in [-0.4, -0.2) is 17.1 Å². The van der Waals surface area contributed by atoms with Crippen LogP contribution in [0, 0.1) is 5.82 Å².